The van der Waals surface area contributed by atoms with Crippen molar-refractivity contribution in [3.8, 4) is 0 Å². The number of hydrogen-bond acceptors (Lipinski definition) is 3. The third-order valence-electron chi connectivity index (χ3n) is 4.64. The molecule has 0 N–H and O–H groups in total. The number of pyridine rings is 1. The molecule has 2 fully saturated rings. The Balaban J connectivity index is 1.62. The minimum atomic E-state index is 0.130. The Labute approximate surface area is 132 Å². The Hall–Kier alpha value is -0.550. The van der Waals surface area contributed by atoms with E-state index in [0.29, 0.717) is 11.0 Å². The van der Waals surface area contributed by atoms with Crippen molar-refractivity contribution in [2.24, 2.45) is 5.41 Å². The Bertz CT molecular complexity index is 475. The molecule has 0 atom stereocenters. The van der Waals surface area contributed by atoms with Crippen molar-refractivity contribution in [2.75, 3.05) is 24.6 Å². The molecule has 2 saturated heterocycles. The zero-order valence-electron chi connectivity index (χ0n) is 11.5. The second-order valence-electron chi connectivity index (χ2n) is 5.77. The fourth-order valence-electron chi connectivity index (χ4n) is 3.17. The molecule has 0 aliphatic carbocycles. The van der Waals surface area contributed by atoms with Crippen molar-refractivity contribution in [1.82, 2.24) is 9.88 Å². The minimum Gasteiger partial charge on any atom is -0.339 e. The van der Waals surface area contributed by atoms with Gasteiger partial charge in [-0.2, -0.15) is 11.8 Å². The first kappa shape index (κ1) is 14.4. The van der Waals surface area contributed by atoms with E-state index in [1.807, 2.05) is 17.0 Å². The quantitative estimate of drug-likeness (QED) is 0.722. The van der Waals surface area contributed by atoms with Crippen molar-refractivity contribution < 1.29 is 4.79 Å². The van der Waals surface area contributed by atoms with Crippen LogP contribution in [-0.4, -0.2) is 40.4 Å². The Morgan fingerprint density at radius 2 is 1.90 bits per heavy atom. The predicted molar refractivity (Wildman–Crippen MR) is 86.1 cm³/mol. The predicted octanol–water partition coefficient (Wildman–Crippen LogP) is 3.59. The van der Waals surface area contributed by atoms with Gasteiger partial charge in [0.15, 0.2) is 0 Å². The van der Waals surface area contributed by atoms with Crippen molar-refractivity contribution in [3.63, 3.8) is 0 Å². The first-order valence-corrected chi connectivity index (χ1v) is 9.12. The van der Waals surface area contributed by atoms with E-state index >= 15 is 0 Å². The van der Waals surface area contributed by atoms with Gasteiger partial charge in [0.1, 0.15) is 4.60 Å². The Kier molecular flexibility index (Phi) is 4.36. The van der Waals surface area contributed by atoms with E-state index in [1.54, 1.807) is 6.20 Å². The molecule has 2 aliphatic heterocycles. The number of nitrogens with zero attached hydrogens (tertiary/aromatic N) is 2. The second-order valence-corrected chi connectivity index (χ2v) is 7.81. The minimum absolute atomic E-state index is 0.130. The normalized spacial score (nSPS) is 21.9. The van der Waals surface area contributed by atoms with Gasteiger partial charge in [-0.1, -0.05) is 0 Å². The molecule has 3 nitrogen and oxygen atoms in total. The third kappa shape index (κ3) is 3.03. The van der Waals surface area contributed by atoms with Gasteiger partial charge in [-0.25, -0.2) is 4.98 Å². The van der Waals surface area contributed by atoms with Crippen LogP contribution in [-0.2, 0) is 0 Å². The molecule has 0 aromatic carbocycles. The second kappa shape index (κ2) is 6.06. The maximum absolute atomic E-state index is 12.4. The molecule has 0 radical (unpaired) electrons. The van der Waals surface area contributed by atoms with E-state index in [4.69, 9.17) is 0 Å². The highest BCUT2D eigenvalue weighted by molar-refractivity contribution is 9.10. The third-order valence-corrected chi connectivity index (χ3v) is 6.09. The smallest absolute Gasteiger partial charge is 0.255 e. The maximum Gasteiger partial charge on any atom is 0.255 e. The standard InChI is InChI=1S/C15H19BrN2OS/c16-13-2-1-12(11-17-13)14(19)18-7-3-15(4-8-18)5-9-20-10-6-15/h1-2,11H,3-10H2. The number of likely N-dealkylation sites (tertiary alicyclic amines) is 1. The molecule has 5 heteroatoms. The van der Waals surface area contributed by atoms with Gasteiger partial charge in [0.25, 0.3) is 5.91 Å². The lowest BCUT2D eigenvalue weighted by molar-refractivity contribution is 0.0557. The van der Waals surface area contributed by atoms with Gasteiger partial charge in [-0.15, -0.1) is 0 Å². The summed E-state index contributed by atoms with van der Waals surface area (Å²) in [6, 6.07) is 3.68. The van der Waals surface area contributed by atoms with Crippen LogP contribution in [0.5, 0.6) is 0 Å². The molecule has 108 valence electrons. The molecular formula is C15H19BrN2OS. The van der Waals surface area contributed by atoms with Crippen LogP contribution in [0.15, 0.2) is 22.9 Å². The number of aromatic nitrogens is 1. The average Bonchev–Trinajstić information content (AvgIpc) is 2.49. The molecule has 1 amide bonds. The van der Waals surface area contributed by atoms with Gasteiger partial charge in [0.2, 0.25) is 0 Å². The van der Waals surface area contributed by atoms with Gasteiger partial charge in [0.05, 0.1) is 5.56 Å². The topological polar surface area (TPSA) is 33.2 Å². The monoisotopic (exact) mass is 354 g/mol. The first-order chi connectivity index (χ1) is 9.69. The Morgan fingerprint density at radius 3 is 2.50 bits per heavy atom. The number of thioether (sulfide) groups is 1. The Morgan fingerprint density at radius 1 is 1.20 bits per heavy atom. The summed E-state index contributed by atoms with van der Waals surface area (Å²) in [7, 11) is 0. The summed E-state index contributed by atoms with van der Waals surface area (Å²) in [6.07, 6.45) is 6.67. The molecule has 3 rings (SSSR count). The largest absolute Gasteiger partial charge is 0.339 e. The summed E-state index contributed by atoms with van der Waals surface area (Å²) in [5.74, 6) is 2.72. The number of carbonyl (C=O) groups excluding carboxylic acids is 1. The van der Waals surface area contributed by atoms with E-state index in [1.165, 1.54) is 37.2 Å². The average molecular weight is 355 g/mol. The highest BCUT2D eigenvalue weighted by Gasteiger charge is 2.37. The van der Waals surface area contributed by atoms with Crippen LogP contribution < -0.4 is 0 Å². The van der Waals surface area contributed by atoms with Gasteiger partial charge >= 0.3 is 0 Å². The number of hydrogen-bond donors (Lipinski definition) is 0. The lowest BCUT2D eigenvalue weighted by Crippen LogP contribution is -2.44. The SMILES string of the molecule is O=C(c1ccc(Br)nc1)N1CCC2(CCSCC2)CC1. The van der Waals surface area contributed by atoms with Crippen LogP contribution in [0.25, 0.3) is 0 Å². The molecule has 1 spiro atoms. The molecule has 1 aromatic rings. The van der Waals surface area contributed by atoms with Crippen LogP contribution in [0.2, 0.25) is 0 Å². The van der Waals surface area contributed by atoms with E-state index in [9.17, 15) is 4.79 Å². The molecule has 0 bridgehead atoms. The van der Waals surface area contributed by atoms with E-state index in [-0.39, 0.29) is 5.91 Å². The van der Waals surface area contributed by atoms with Gasteiger partial charge in [-0.3, -0.25) is 4.79 Å². The number of carbonyl (C=O) groups is 1. The summed E-state index contributed by atoms with van der Waals surface area (Å²) < 4.78 is 0.770. The molecule has 1 aromatic heterocycles. The summed E-state index contributed by atoms with van der Waals surface area (Å²) in [5, 5.41) is 0. The lowest BCUT2D eigenvalue weighted by Gasteiger charge is -2.44. The van der Waals surface area contributed by atoms with Crippen molar-refractivity contribution in [1.29, 1.82) is 0 Å². The van der Waals surface area contributed by atoms with Crippen LogP contribution >= 0.6 is 27.7 Å². The molecule has 0 saturated carbocycles. The number of rotatable bonds is 1. The fourth-order valence-corrected chi connectivity index (χ4v) is 4.77. The van der Waals surface area contributed by atoms with Crippen LogP contribution in [0.1, 0.15) is 36.0 Å². The van der Waals surface area contributed by atoms with Crippen LogP contribution in [0.4, 0.5) is 0 Å². The van der Waals surface area contributed by atoms with E-state index in [0.717, 1.165) is 17.7 Å². The molecule has 3 heterocycles. The zero-order chi connectivity index (χ0) is 14.0. The molecule has 0 unspecified atom stereocenters. The fraction of sp³-hybridized carbons (Fsp3) is 0.600. The first-order valence-electron chi connectivity index (χ1n) is 7.17. The molecule has 20 heavy (non-hydrogen) atoms. The number of piperidine rings is 1. The summed E-state index contributed by atoms with van der Waals surface area (Å²) in [5.41, 5.74) is 1.23. The van der Waals surface area contributed by atoms with Crippen molar-refractivity contribution >= 4 is 33.6 Å². The van der Waals surface area contributed by atoms with E-state index < -0.39 is 0 Å². The summed E-state index contributed by atoms with van der Waals surface area (Å²) in [4.78, 5) is 18.6. The molecule has 2 aliphatic rings. The summed E-state index contributed by atoms with van der Waals surface area (Å²) >= 11 is 5.38. The summed E-state index contributed by atoms with van der Waals surface area (Å²) in [6.45, 7) is 1.80. The lowest BCUT2D eigenvalue weighted by atomic mass is 9.74. The molecular weight excluding hydrogens is 336 g/mol. The van der Waals surface area contributed by atoms with Crippen LogP contribution in [0.3, 0.4) is 0 Å². The highest BCUT2D eigenvalue weighted by Crippen LogP contribution is 2.43. The zero-order valence-corrected chi connectivity index (χ0v) is 13.9. The van der Waals surface area contributed by atoms with Gasteiger partial charge < -0.3 is 4.90 Å². The van der Waals surface area contributed by atoms with E-state index in [2.05, 4.69) is 32.7 Å². The van der Waals surface area contributed by atoms with Crippen molar-refractivity contribution in [3.05, 3.63) is 28.5 Å². The van der Waals surface area contributed by atoms with Gasteiger partial charge in [-0.05, 0) is 70.7 Å². The number of amides is 1. The van der Waals surface area contributed by atoms with Crippen molar-refractivity contribution in [2.45, 2.75) is 25.7 Å². The highest BCUT2D eigenvalue weighted by atomic mass is 79.9. The van der Waals surface area contributed by atoms with Crippen LogP contribution in [0, 0.1) is 5.41 Å². The van der Waals surface area contributed by atoms with Gasteiger partial charge in [0, 0.05) is 19.3 Å². The number of halogens is 1. The maximum atomic E-state index is 12.4.